The van der Waals surface area contributed by atoms with Gasteiger partial charge in [0.25, 0.3) is 0 Å². The predicted octanol–water partition coefficient (Wildman–Crippen LogP) is 2.40. The fraction of sp³-hybridized carbons (Fsp3) is 0.533. The number of aromatic nitrogens is 4. The number of aryl methyl sites for hydroxylation is 1. The lowest BCUT2D eigenvalue weighted by molar-refractivity contribution is 0.0504. The highest BCUT2D eigenvalue weighted by Crippen LogP contribution is 2.22. The largest absolute Gasteiger partial charge is 0.465 e. The number of nitrogens with zero attached hydrogens (tertiary/aromatic N) is 4. The first-order valence-corrected chi connectivity index (χ1v) is 8.40. The SMILES string of the molecule is COC(=O)c1cnc(-n2nc(C)nc2C(C)NC(=O)OC(C)(C)C)s1. The molecule has 0 saturated carbocycles. The van der Waals surface area contributed by atoms with E-state index in [0.717, 1.165) is 11.3 Å². The topological polar surface area (TPSA) is 108 Å². The Kier molecular flexibility index (Phi) is 5.41. The van der Waals surface area contributed by atoms with E-state index >= 15 is 0 Å². The van der Waals surface area contributed by atoms with Crippen LogP contribution in [0.5, 0.6) is 0 Å². The van der Waals surface area contributed by atoms with Crippen LogP contribution in [0, 0.1) is 6.92 Å². The van der Waals surface area contributed by atoms with Crippen molar-refractivity contribution in [3.63, 3.8) is 0 Å². The molecule has 0 fully saturated rings. The molecule has 0 aromatic carbocycles. The zero-order valence-corrected chi connectivity index (χ0v) is 15.8. The molecular weight excluding hydrogens is 346 g/mol. The van der Waals surface area contributed by atoms with Gasteiger partial charge in [0.05, 0.1) is 19.3 Å². The number of amides is 1. The quantitative estimate of drug-likeness (QED) is 0.827. The summed E-state index contributed by atoms with van der Waals surface area (Å²) in [4.78, 5) is 32.4. The molecule has 2 aromatic rings. The fourth-order valence-corrected chi connectivity index (χ4v) is 2.75. The number of ether oxygens (including phenoxy) is 2. The molecule has 2 rings (SSSR count). The Bertz CT molecular complexity index is 777. The molecule has 0 aliphatic rings. The third kappa shape index (κ3) is 4.75. The molecule has 0 aliphatic heterocycles. The lowest BCUT2D eigenvalue weighted by Gasteiger charge is -2.21. The minimum atomic E-state index is -0.599. The Hall–Kier alpha value is -2.49. The summed E-state index contributed by atoms with van der Waals surface area (Å²) in [7, 11) is 1.31. The number of hydrogen-bond donors (Lipinski definition) is 1. The van der Waals surface area contributed by atoms with Crippen LogP contribution in [0.2, 0.25) is 0 Å². The number of carbonyl (C=O) groups excluding carboxylic acids is 2. The zero-order chi connectivity index (χ0) is 18.8. The summed E-state index contributed by atoms with van der Waals surface area (Å²) in [5.41, 5.74) is -0.599. The first kappa shape index (κ1) is 18.8. The van der Waals surface area contributed by atoms with Crippen LogP contribution in [0.4, 0.5) is 4.79 Å². The maximum absolute atomic E-state index is 12.0. The van der Waals surface area contributed by atoms with Gasteiger partial charge in [-0.1, -0.05) is 11.3 Å². The van der Waals surface area contributed by atoms with E-state index in [-0.39, 0.29) is 0 Å². The van der Waals surface area contributed by atoms with Crippen molar-refractivity contribution in [2.75, 3.05) is 7.11 Å². The Morgan fingerprint density at radius 2 is 2.04 bits per heavy atom. The van der Waals surface area contributed by atoms with Crippen LogP contribution in [-0.2, 0) is 9.47 Å². The second kappa shape index (κ2) is 7.18. The number of nitrogens with one attached hydrogen (secondary N) is 1. The van der Waals surface area contributed by atoms with Crippen molar-refractivity contribution >= 4 is 23.4 Å². The molecule has 2 heterocycles. The first-order valence-electron chi connectivity index (χ1n) is 7.58. The summed E-state index contributed by atoms with van der Waals surface area (Å²) in [6.45, 7) is 8.85. The normalized spacial score (nSPS) is 12.6. The molecular formula is C15H21N5O4S. The smallest absolute Gasteiger partial charge is 0.408 e. The highest BCUT2D eigenvalue weighted by atomic mass is 32.1. The molecule has 0 bridgehead atoms. The van der Waals surface area contributed by atoms with Gasteiger partial charge in [-0.25, -0.2) is 19.6 Å². The van der Waals surface area contributed by atoms with Crippen molar-refractivity contribution in [3.8, 4) is 5.13 Å². The van der Waals surface area contributed by atoms with Gasteiger partial charge in [-0.2, -0.15) is 4.68 Å². The van der Waals surface area contributed by atoms with Gasteiger partial charge in [0.1, 0.15) is 16.3 Å². The van der Waals surface area contributed by atoms with Crippen LogP contribution in [-0.4, -0.2) is 44.5 Å². The summed E-state index contributed by atoms with van der Waals surface area (Å²) in [5.74, 6) is 0.527. The fourth-order valence-electron chi connectivity index (χ4n) is 1.96. The number of alkyl carbamates (subject to hydrolysis) is 1. The number of methoxy groups -OCH3 is 1. The lowest BCUT2D eigenvalue weighted by Crippen LogP contribution is -2.34. The molecule has 1 N–H and O–H groups in total. The van der Waals surface area contributed by atoms with Gasteiger partial charge < -0.3 is 14.8 Å². The van der Waals surface area contributed by atoms with E-state index < -0.39 is 23.7 Å². The van der Waals surface area contributed by atoms with Crippen LogP contribution >= 0.6 is 11.3 Å². The van der Waals surface area contributed by atoms with Crippen molar-refractivity contribution in [2.24, 2.45) is 0 Å². The molecule has 0 aliphatic carbocycles. The predicted molar refractivity (Wildman–Crippen MR) is 90.9 cm³/mol. The highest BCUT2D eigenvalue weighted by Gasteiger charge is 2.23. The molecule has 9 nitrogen and oxygen atoms in total. The summed E-state index contributed by atoms with van der Waals surface area (Å²) in [6.07, 6.45) is 0.861. The van der Waals surface area contributed by atoms with Gasteiger partial charge in [-0.15, -0.1) is 5.10 Å². The Morgan fingerprint density at radius 1 is 1.36 bits per heavy atom. The van der Waals surface area contributed by atoms with Crippen LogP contribution in [0.15, 0.2) is 6.20 Å². The van der Waals surface area contributed by atoms with E-state index in [1.807, 2.05) is 0 Å². The third-order valence-corrected chi connectivity index (χ3v) is 3.87. The van der Waals surface area contributed by atoms with Crippen molar-refractivity contribution in [1.82, 2.24) is 25.1 Å². The van der Waals surface area contributed by atoms with E-state index in [9.17, 15) is 9.59 Å². The minimum Gasteiger partial charge on any atom is -0.465 e. The van der Waals surface area contributed by atoms with Crippen molar-refractivity contribution < 1.29 is 19.1 Å². The first-order chi connectivity index (χ1) is 11.6. The standard InChI is InChI=1S/C15H21N5O4S/c1-8(17-14(22)24-15(3,4)5)11-18-9(2)19-20(11)13-16-7-10(25-13)12(21)23-6/h7-8H,1-6H3,(H,17,22). The summed E-state index contributed by atoms with van der Waals surface area (Å²) in [5, 5.41) is 7.46. The summed E-state index contributed by atoms with van der Waals surface area (Å²) in [6, 6.07) is -0.471. The molecule has 2 aromatic heterocycles. The van der Waals surface area contributed by atoms with Gasteiger partial charge in [0.2, 0.25) is 5.13 Å². The van der Waals surface area contributed by atoms with Gasteiger partial charge in [-0.05, 0) is 34.6 Å². The van der Waals surface area contributed by atoms with Crippen molar-refractivity contribution in [2.45, 2.75) is 46.3 Å². The van der Waals surface area contributed by atoms with E-state index in [4.69, 9.17) is 4.74 Å². The van der Waals surface area contributed by atoms with Crippen LogP contribution in [0.25, 0.3) is 5.13 Å². The van der Waals surface area contributed by atoms with Crippen molar-refractivity contribution in [1.29, 1.82) is 0 Å². The summed E-state index contributed by atoms with van der Waals surface area (Å²) >= 11 is 1.12. The molecule has 25 heavy (non-hydrogen) atoms. The van der Waals surface area contributed by atoms with Gasteiger partial charge in [-0.3, -0.25) is 0 Å². The number of rotatable bonds is 4. The average Bonchev–Trinajstić information content (AvgIpc) is 3.10. The number of hydrogen-bond acceptors (Lipinski definition) is 8. The second-order valence-electron chi connectivity index (χ2n) is 6.30. The Labute approximate surface area is 149 Å². The highest BCUT2D eigenvalue weighted by molar-refractivity contribution is 7.15. The lowest BCUT2D eigenvalue weighted by atomic mass is 10.2. The number of thiazole rings is 1. The summed E-state index contributed by atoms with van der Waals surface area (Å²) < 4.78 is 11.4. The van der Waals surface area contributed by atoms with E-state index in [2.05, 4.69) is 25.1 Å². The van der Waals surface area contributed by atoms with E-state index in [1.165, 1.54) is 18.0 Å². The Balaban J connectivity index is 2.24. The van der Waals surface area contributed by atoms with E-state index in [0.29, 0.717) is 21.7 Å². The monoisotopic (exact) mass is 367 g/mol. The van der Waals surface area contributed by atoms with Gasteiger partial charge in [0.15, 0.2) is 5.82 Å². The molecule has 10 heteroatoms. The molecule has 1 amide bonds. The third-order valence-electron chi connectivity index (χ3n) is 2.92. The zero-order valence-electron chi connectivity index (χ0n) is 15.0. The average molecular weight is 367 g/mol. The number of esters is 1. The second-order valence-corrected chi connectivity index (χ2v) is 7.30. The maximum Gasteiger partial charge on any atom is 0.408 e. The molecule has 0 radical (unpaired) electrons. The molecule has 136 valence electrons. The van der Waals surface area contributed by atoms with Crippen molar-refractivity contribution in [3.05, 3.63) is 22.7 Å². The van der Waals surface area contributed by atoms with Gasteiger partial charge >= 0.3 is 12.1 Å². The Morgan fingerprint density at radius 3 is 2.64 bits per heavy atom. The molecule has 0 spiro atoms. The van der Waals surface area contributed by atoms with Gasteiger partial charge in [0, 0.05) is 0 Å². The minimum absolute atomic E-state index is 0.351. The molecule has 0 saturated heterocycles. The van der Waals surface area contributed by atoms with E-state index in [1.54, 1.807) is 34.6 Å². The maximum atomic E-state index is 12.0. The van der Waals surface area contributed by atoms with Crippen LogP contribution in [0.1, 0.15) is 55.1 Å². The van der Waals surface area contributed by atoms with Crippen LogP contribution < -0.4 is 5.32 Å². The van der Waals surface area contributed by atoms with Crippen LogP contribution in [0.3, 0.4) is 0 Å². The molecule has 1 atom stereocenters. The number of carbonyl (C=O) groups is 2. The molecule has 1 unspecified atom stereocenters.